The van der Waals surface area contributed by atoms with E-state index in [1.54, 1.807) is 20.8 Å². The van der Waals surface area contributed by atoms with Crippen LogP contribution in [0.25, 0.3) is 0 Å². The number of hydrogen-bond donors (Lipinski definition) is 1. The van der Waals surface area contributed by atoms with E-state index in [9.17, 15) is 14.0 Å². The first kappa shape index (κ1) is 24.4. The standard InChI is InChI=1S/C25H26ClFN2O4/c1-25(2,3)33-24(31)29-13-7-12-21(29)23(30)28-20-16-22(18(26)15-19(20)27)32-14-8-11-17-9-5-4-6-10-17/h4-6,9-10,15-16,21H,7,12-14H2,1-3H3,(H,28,30)/t21-/m1/s1. The molecule has 1 heterocycles. The van der Waals surface area contributed by atoms with Crippen molar-refractivity contribution in [2.45, 2.75) is 45.3 Å². The predicted octanol–water partition coefficient (Wildman–Crippen LogP) is 5.25. The summed E-state index contributed by atoms with van der Waals surface area (Å²) >= 11 is 6.09. The summed E-state index contributed by atoms with van der Waals surface area (Å²) in [4.78, 5) is 26.6. The number of ether oxygens (including phenoxy) is 2. The summed E-state index contributed by atoms with van der Waals surface area (Å²) in [6.07, 6.45) is 0.533. The maximum absolute atomic E-state index is 14.5. The molecule has 0 bridgehead atoms. The van der Waals surface area contributed by atoms with Gasteiger partial charge in [0.25, 0.3) is 0 Å². The molecule has 1 fully saturated rings. The normalized spacial score (nSPS) is 15.4. The molecule has 1 aliphatic rings. The highest BCUT2D eigenvalue weighted by molar-refractivity contribution is 6.32. The van der Waals surface area contributed by atoms with Gasteiger partial charge in [-0.25, -0.2) is 9.18 Å². The van der Waals surface area contributed by atoms with Crippen LogP contribution in [0.3, 0.4) is 0 Å². The number of nitrogens with zero attached hydrogens (tertiary/aromatic N) is 1. The Kier molecular flexibility index (Phi) is 7.83. The minimum atomic E-state index is -0.754. The second-order valence-electron chi connectivity index (χ2n) is 8.54. The van der Waals surface area contributed by atoms with E-state index in [1.165, 1.54) is 11.0 Å². The van der Waals surface area contributed by atoms with Crippen LogP contribution in [0.4, 0.5) is 14.9 Å². The fourth-order valence-electron chi connectivity index (χ4n) is 3.30. The van der Waals surface area contributed by atoms with Crippen molar-refractivity contribution in [1.82, 2.24) is 4.90 Å². The number of rotatable bonds is 4. The molecule has 0 saturated carbocycles. The maximum atomic E-state index is 14.5. The molecular weight excluding hydrogens is 447 g/mol. The van der Waals surface area contributed by atoms with Crippen LogP contribution in [0, 0.1) is 17.7 Å². The van der Waals surface area contributed by atoms with Crippen molar-refractivity contribution in [2.75, 3.05) is 18.5 Å². The highest BCUT2D eigenvalue weighted by Crippen LogP contribution is 2.31. The molecule has 0 spiro atoms. The third-order valence-electron chi connectivity index (χ3n) is 4.77. The number of nitrogens with one attached hydrogen (secondary N) is 1. The van der Waals surface area contributed by atoms with Crippen LogP contribution < -0.4 is 10.1 Å². The van der Waals surface area contributed by atoms with Crippen molar-refractivity contribution in [3.63, 3.8) is 0 Å². The molecule has 2 aromatic carbocycles. The van der Waals surface area contributed by atoms with Gasteiger partial charge in [0.15, 0.2) is 0 Å². The quantitative estimate of drug-likeness (QED) is 0.617. The number of carbonyl (C=O) groups excluding carboxylic acids is 2. The Morgan fingerprint density at radius 1 is 1.24 bits per heavy atom. The van der Waals surface area contributed by atoms with Crippen LogP contribution in [0.1, 0.15) is 39.2 Å². The average Bonchev–Trinajstić information content (AvgIpc) is 3.24. The molecule has 3 rings (SSSR count). The molecule has 1 saturated heterocycles. The average molecular weight is 473 g/mol. The number of likely N-dealkylation sites (tertiary alicyclic amines) is 1. The first-order chi connectivity index (χ1) is 15.6. The third kappa shape index (κ3) is 6.87. The Balaban J connectivity index is 1.67. The highest BCUT2D eigenvalue weighted by Gasteiger charge is 2.37. The van der Waals surface area contributed by atoms with Crippen LogP contribution in [0.5, 0.6) is 5.75 Å². The van der Waals surface area contributed by atoms with Gasteiger partial charge in [-0.15, -0.1) is 0 Å². The summed E-state index contributed by atoms with van der Waals surface area (Å²) in [5.74, 6) is 4.78. The van der Waals surface area contributed by atoms with E-state index in [0.717, 1.165) is 11.6 Å². The smallest absolute Gasteiger partial charge is 0.410 e. The van der Waals surface area contributed by atoms with Gasteiger partial charge in [0, 0.05) is 18.2 Å². The monoisotopic (exact) mass is 472 g/mol. The van der Waals surface area contributed by atoms with E-state index in [1.807, 2.05) is 30.3 Å². The van der Waals surface area contributed by atoms with E-state index < -0.39 is 29.5 Å². The van der Waals surface area contributed by atoms with Gasteiger partial charge in [-0.05, 0) is 51.8 Å². The SMILES string of the molecule is CC(C)(C)OC(=O)N1CCC[C@@H]1C(=O)Nc1cc(OCC#Cc2ccccc2)c(Cl)cc1F. The van der Waals surface area contributed by atoms with Crippen LogP contribution in [0.2, 0.25) is 5.02 Å². The molecule has 2 aromatic rings. The number of carbonyl (C=O) groups is 2. The maximum Gasteiger partial charge on any atom is 0.410 e. The largest absolute Gasteiger partial charge is 0.479 e. The molecule has 0 aliphatic carbocycles. The van der Waals surface area contributed by atoms with Gasteiger partial charge in [-0.3, -0.25) is 9.69 Å². The first-order valence-electron chi connectivity index (χ1n) is 10.6. The molecular formula is C25H26ClFN2O4. The van der Waals surface area contributed by atoms with E-state index in [4.69, 9.17) is 21.1 Å². The lowest BCUT2D eigenvalue weighted by Gasteiger charge is -2.28. The molecule has 8 heteroatoms. The Morgan fingerprint density at radius 3 is 2.67 bits per heavy atom. The molecule has 0 radical (unpaired) electrons. The van der Waals surface area contributed by atoms with Gasteiger partial charge in [-0.1, -0.05) is 41.6 Å². The Hall–Kier alpha value is -3.24. The van der Waals surface area contributed by atoms with Gasteiger partial charge in [0.05, 0.1) is 10.7 Å². The number of halogens is 2. The number of benzene rings is 2. The van der Waals surface area contributed by atoms with E-state index in [0.29, 0.717) is 19.4 Å². The van der Waals surface area contributed by atoms with E-state index in [2.05, 4.69) is 17.2 Å². The summed E-state index contributed by atoms with van der Waals surface area (Å²) in [6.45, 7) is 5.69. The van der Waals surface area contributed by atoms with Crippen molar-refractivity contribution in [3.8, 4) is 17.6 Å². The molecule has 33 heavy (non-hydrogen) atoms. The van der Waals surface area contributed by atoms with Crippen molar-refractivity contribution in [1.29, 1.82) is 0 Å². The minimum absolute atomic E-state index is 0.0304. The molecule has 2 amide bonds. The summed E-state index contributed by atoms with van der Waals surface area (Å²) in [6, 6.07) is 11.0. The molecule has 6 nitrogen and oxygen atoms in total. The third-order valence-corrected chi connectivity index (χ3v) is 5.06. The Labute approximate surface area is 198 Å². The molecule has 0 aromatic heterocycles. The summed E-state index contributed by atoms with van der Waals surface area (Å²) in [7, 11) is 0. The van der Waals surface area contributed by atoms with Crippen LogP contribution in [0.15, 0.2) is 42.5 Å². The summed E-state index contributed by atoms with van der Waals surface area (Å²) < 4.78 is 25.4. The van der Waals surface area contributed by atoms with Gasteiger partial charge >= 0.3 is 6.09 Å². The van der Waals surface area contributed by atoms with Crippen molar-refractivity contribution < 1.29 is 23.5 Å². The molecule has 0 unspecified atom stereocenters. The molecule has 1 atom stereocenters. The van der Waals surface area contributed by atoms with Crippen LogP contribution in [-0.4, -0.2) is 41.7 Å². The molecule has 1 aliphatic heterocycles. The molecule has 1 N–H and O–H groups in total. The topological polar surface area (TPSA) is 67.9 Å². The second kappa shape index (κ2) is 10.6. The highest BCUT2D eigenvalue weighted by atomic mass is 35.5. The van der Waals surface area contributed by atoms with Gasteiger partial charge < -0.3 is 14.8 Å². The molecule has 174 valence electrons. The van der Waals surface area contributed by atoms with Crippen LogP contribution >= 0.6 is 11.6 Å². The van der Waals surface area contributed by atoms with Gasteiger partial charge in [-0.2, -0.15) is 0 Å². The second-order valence-corrected chi connectivity index (χ2v) is 8.95. The van der Waals surface area contributed by atoms with Crippen molar-refractivity contribution in [3.05, 3.63) is 58.9 Å². The van der Waals surface area contributed by atoms with E-state index in [-0.39, 0.29) is 23.1 Å². The first-order valence-corrected chi connectivity index (χ1v) is 11.0. The predicted molar refractivity (Wildman–Crippen MR) is 125 cm³/mol. The van der Waals surface area contributed by atoms with Crippen molar-refractivity contribution >= 4 is 29.3 Å². The number of hydrogen-bond acceptors (Lipinski definition) is 4. The number of amides is 2. The van der Waals surface area contributed by atoms with E-state index >= 15 is 0 Å². The lowest BCUT2D eigenvalue weighted by atomic mass is 10.2. The summed E-state index contributed by atoms with van der Waals surface area (Å²) in [5.41, 5.74) is 0.0651. The zero-order chi connectivity index (χ0) is 24.0. The minimum Gasteiger partial charge on any atom is -0.479 e. The van der Waals surface area contributed by atoms with Gasteiger partial charge in [0.2, 0.25) is 5.91 Å². The zero-order valence-electron chi connectivity index (χ0n) is 18.8. The van der Waals surface area contributed by atoms with Gasteiger partial charge in [0.1, 0.15) is 29.8 Å². The summed E-state index contributed by atoms with van der Waals surface area (Å²) in [5, 5.41) is 2.60. The Morgan fingerprint density at radius 2 is 1.97 bits per heavy atom. The fourth-order valence-corrected chi connectivity index (χ4v) is 3.51. The van der Waals surface area contributed by atoms with Crippen LogP contribution in [-0.2, 0) is 9.53 Å². The Bertz CT molecular complexity index is 1070. The van der Waals surface area contributed by atoms with Crippen molar-refractivity contribution in [2.24, 2.45) is 0 Å². The lowest BCUT2D eigenvalue weighted by Crippen LogP contribution is -2.45. The zero-order valence-corrected chi connectivity index (χ0v) is 19.5. The fraction of sp³-hybridized carbons (Fsp3) is 0.360. The number of anilines is 1. The lowest BCUT2D eigenvalue weighted by molar-refractivity contribution is -0.120.